The second kappa shape index (κ2) is 26.4. The van der Waals surface area contributed by atoms with E-state index in [4.69, 9.17) is 0 Å². The summed E-state index contributed by atoms with van der Waals surface area (Å²) in [5, 5.41) is 0. The van der Waals surface area contributed by atoms with Crippen molar-refractivity contribution in [1.82, 2.24) is 0 Å². The summed E-state index contributed by atoms with van der Waals surface area (Å²) in [6, 6.07) is 106. The molecule has 4 aliphatic heterocycles. The van der Waals surface area contributed by atoms with Crippen LogP contribution in [0.25, 0.3) is 0 Å². The molecule has 0 atom stereocenters. The largest absolute Gasteiger partial charge is 0.311 e. The highest BCUT2D eigenvalue weighted by molar-refractivity contribution is 14.1. The molecule has 0 aliphatic carbocycles. The molecule has 13 aromatic rings. The molecule has 0 aromatic heterocycles. The Hall–Kier alpha value is -9.75. The van der Waals surface area contributed by atoms with E-state index in [0.717, 1.165) is 112 Å². The van der Waals surface area contributed by atoms with Crippen molar-refractivity contribution in [3.05, 3.63) is 320 Å². The van der Waals surface area contributed by atoms with Gasteiger partial charge >= 0.3 is 0 Å². The highest BCUT2D eigenvalue weighted by Gasteiger charge is 2.50. The van der Waals surface area contributed by atoms with E-state index < -0.39 is 0 Å². The van der Waals surface area contributed by atoms with Gasteiger partial charge in [0.1, 0.15) is 0 Å². The smallest absolute Gasteiger partial charge is 0.253 e. The summed E-state index contributed by atoms with van der Waals surface area (Å²) in [6.45, 7) is 13.4. The van der Waals surface area contributed by atoms with Crippen molar-refractivity contribution in [1.29, 1.82) is 0 Å². The average molecular weight is 1520 g/mol. The molecule has 17 rings (SSSR count). The van der Waals surface area contributed by atoms with E-state index in [2.05, 4.69) is 395 Å². The maximum atomic E-state index is 2.72. The molecule has 0 saturated carbocycles. The van der Waals surface area contributed by atoms with Gasteiger partial charge in [0, 0.05) is 98.1 Å². The summed E-state index contributed by atoms with van der Waals surface area (Å²) >= 11 is 5.26. The number of rotatable bonds is 16. The molecule has 13 aromatic carbocycles. The highest BCUT2D eigenvalue weighted by atomic mass is 127. The maximum Gasteiger partial charge on any atom is 0.253 e. The third kappa shape index (κ3) is 11.1. The molecule has 0 spiro atoms. The van der Waals surface area contributed by atoms with Crippen molar-refractivity contribution in [2.75, 3.05) is 29.4 Å². The van der Waals surface area contributed by atoms with Crippen LogP contribution >= 0.6 is 45.2 Å². The molecule has 4 aliphatic rings. The molecule has 0 fully saturated rings. The summed E-state index contributed by atoms with van der Waals surface area (Å²) in [5.74, 6) is 0. The van der Waals surface area contributed by atoms with E-state index in [9.17, 15) is 0 Å². The van der Waals surface area contributed by atoms with E-state index in [1.165, 1.54) is 102 Å². The lowest BCUT2D eigenvalue weighted by Crippen LogP contribution is -2.66. The van der Waals surface area contributed by atoms with Gasteiger partial charge in [-0.25, -0.2) is 0 Å². The molecule has 0 radical (unpaired) electrons. The first-order valence-corrected chi connectivity index (χ1v) is 37.6. The fourth-order valence-corrected chi connectivity index (χ4v) is 18.5. The number of nitrogens with zero attached hydrogens (tertiary/aromatic N) is 6. The van der Waals surface area contributed by atoms with Gasteiger partial charge in [-0.1, -0.05) is 160 Å². The fourth-order valence-electron chi connectivity index (χ4n) is 16.7. The second-order valence-electron chi connectivity index (χ2n) is 27.6. The standard InChI is InChI=1S/C90H76B2I2N6/c1-7-9-29-63-43-59(3)46-72(51-63)99-82-50-62(6)48-78(94)88(82)92-77-57-76-79(58-80(77)98(71-41-27-16-28-42-71)84-54-75(56-86(99)90(84)92)96(68-35-21-13-22-36-68)69-37-23-14-24-38-69)97(70-39-25-15-26-40-70)83-53-74(95(66-31-17-11-18-32-66)67-33-19-12-20-34-67)55-85-89(83)91(76)87-64(30-10-8-2)44-60(4)49-81(87)100(85)73-47-61(5)45-65(93)52-73/h11-28,31-58H,7-10,29-30H2,1-6H3. The lowest BCUT2D eigenvalue weighted by Gasteiger charge is -2.48. The first kappa shape index (κ1) is 63.7. The predicted molar refractivity (Wildman–Crippen MR) is 445 cm³/mol. The van der Waals surface area contributed by atoms with Gasteiger partial charge in [0.25, 0.3) is 13.4 Å². The van der Waals surface area contributed by atoms with Gasteiger partial charge < -0.3 is 29.4 Å². The zero-order valence-electron chi connectivity index (χ0n) is 57.4. The number of fused-ring (bicyclic) bond motifs is 8. The van der Waals surface area contributed by atoms with Crippen LogP contribution in [0.1, 0.15) is 72.9 Å². The number of anilines is 18. The molecule has 0 amide bonds. The van der Waals surface area contributed by atoms with Crippen LogP contribution < -0.4 is 62.2 Å². The van der Waals surface area contributed by atoms with Crippen LogP contribution in [-0.2, 0) is 12.8 Å². The van der Waals surface area contributed by atoms with E-state index in [0.29, 0.717) is 0 Å². The summed E-state index contributed by atoms with van der Waals surface area (Å²) in [4.78, 5) is 15.5. The summed E-state index contributed by atoms with van der Waals surface area (Å²) < 4.78 is 2.46. The Morgan fingerprint density at radius 3 is 1.12 bits per heavy atom. The maximum absolute atomic E-state index is 2.72. The molecule has 0 saturated heterocycles. The van der Waals surface area contributed by atoms with Crippen molar-refractivity contribution in [2.24, 2.45) is 0 Å². The minimum atomic E-state index is -0.186. The number of benzene rings is 13. The topological polar surface area (TPSA) is 19.4 Å². The SMILES string of the molecule is CCCCc1cc(C)cc(N2c3cc(C)cc(I)c3B3c4cc5c(cc4N(c4ccccc4)c4cc(N(c6ccccc6)c6ccccc6)cc2c43)N(c2ccccc2)c2cc(N(c3ccccc3)c3ccccc3)cc3c2B5c2c(CCCC)cc(C)cc2N3c2cc(C)cc(I)c2)c1. The first-order valence-electron chi connectivity index (χ1n) is 35.5. The molecule has 0 N–H and O–H groups in total. The van der Waals surface area contributed by atoms with Gasteiger partial charge in [0.15, 0.2) is 0 Å². The van der Waals surface area contributed by atoms with Gasteiger partial charge in [-0.2, -0.15) is 0 Å². The lowest BCUT2D eigenvalue weighted by atomic mass is 9.29. The lowest BCUT2D eigenvalue weighted by molar-refractivity contribution is 0.794. The van der Waals surface area contributed by atoms with Gasteiger partial charge in [-0.3, -0.25) is 0 Å². The normalized spacial score (nSPS) is 12.9. The van der Waals surface area contributed by atoms with Gasteiger partial charge in [0.05, 0.1) is 11.4 Å². The van der Waals surface area contributed by atoms with Crippen molar-refractivity contribution in [3.8, 4) is 0 Å². The summed E-state index contributed by atoms with van der Waals surface area (Å²) in [6.07, 6.45) is 6.41. The third-order valence-corrected chi connectivity index (χ3v) is 22.2. The molecule has 4 heterocycles. The number of aryl methyl sites for hydroxylation is 6. The highest BCUT2D eigenvalue weighted by Crippen LogP contribution is 2.53. The van der Waals surface area contributed by atoms with Gasteiger partial charge in [-0.05, 0) is 311 Å². The van der Waals surface area contributed by atoms with Crippen LogP contribution in [-0.4, -0.2) is 13.4 Å². The fraction of sp³-hybridized carbons (Fsp3) is 0.133. The third-order valence-electron chi connectivity index (χ3n) is 20.6. The summed E-state index contributed by atoms with van der Waals surface area (Å²) in [5.41, 5.74) is 36.1. The van der Waals surface area contributed by atoms with Crippen LogP contribution in [0.4, 0.5) is 102 Å². The molecule has 100 heavy (non-hydrogen) atoms. The Morgan fingerprint density at radius 1 is 0.300 bits per heavy atom. The van der Waals surface area contributed by atoms with Crippen molar-refractivity contribution in [2.45, 2.75) is 80.1 Å². The number of halogens is 2. The first-order chi connectivity index (χ1) is 49.0. The zero-order chi connectivity index (χ0) is 67.9. The molecule has 10 heteroatoms. The Kier molecular flexibility index (Phi) is 16.8. The van der Waals surface area contributed by atoms with Crippen LogP contribution in [0.2, 0.25) is 0 Å². The van der Waals surface area contributed by atoms with Crippen molar-refractivity contribution >= 4 is 194 Å². The Morgan fingerprint density at radius 2 is 0.670 bits per heavy atom. The van der Waals surface area contributed by atoms with Gasteiger partial charge in [-0.15, -0.1) is 0 Å². The van der Waals surface area contributed by atoms with Crippen LogP contribution in [0.3, 0.4) is 0 Å². The van der Waals surface area contributed by atoms with Gasteiger partial charge in [0.2, 0.25) is 0 Å². The molecule has 0 unspecified atom stereocenters. The van der Waals surface area contributed by atoms with E-state index >= 15 is 0 Å². The molecular formula is C90H76B2I2N6. The minimum Gasteiger partial charge on any atom is -0.311 e. The average Bonchev–Trinajstić information content (AvgIpc) is 0.683. The zero-order valence-corrected chi connectivity index (χ0v) is 61.7. The van der Waals surface area contributed by atoms with Crippen molar-refractivity contribution < 1.29 is 0 Å². The molecule has 6 nitrogen and oxygen atoms in total. The van der Waals surface area contributed by atoms with Crippen LogP contribution in [0.15, 0.2) is 279 Å². The minimum absolute atomic E-state index is 0.173. The van der Waals surface area contributed by atoms with E-state index in [-0.39, 0.29) is 13.4 Å². The Bertz CT molecular complexity index is 5190. The molecular weight excluding hydrogens is 1440 g/mol. The monoisotopic (exact) mass is 1520 g/mol. The Labute approximate surface area is 617 Å². The summed E-state index contributed by atoms with van der Waals surface area (Å²) in [7, 11) is 0. The van der Waals surface area contributed by atoms with E-state index in [1.807, 2.05) is 0 Å². The quantitative estimate of drug-likeness (QED) is 0.0704. The number of unbranched alkanes of at least 4 members (excludes halogenated alkanes) is 2. The van der Waals surface area contributed by atoms with Crippen LogP contribution in [0, 0.1) is 34.8 Å². The molecule has 0 bridgehead atoms. The number of hydrogen-bond donors (Lipinski definition) is 0. The van der Waals surface area contributed by atoms with E-state index in [1.54, 1.807) is 0 Å². The van der Waals surface area contributed by atoms with Crippen LogP contribution in [0.5, 0.6) is 0 Å². The number of para-hydroxylation sites is 6. The molecule has 486 valence electrons. The van der Waals surface area contributed by atoms with Crippen molar-refractivity contribution in [3.63, 3.8) is 0 Å². The Balaban J connectivity index is 1.03. The predicted octanol–water partition coefficient (Wildman–Crippen LogP) is 21.9. The second-order valence-corrected chi connectivity index (χ2v) is 30.0. The number of hydrogen-bond acceptors (Lipinski definition) is 6.